The first kappa shape index (κ1) is 12.5. The Kier molecular flexibility index (Phi) is 4.23. The maximum atomic E-state index is 12.0. The van der Waals surface area contributed by atoms with Crippen LogP contribution in [0, 0.1) is 0 Å². The normalized spacial score (nSPS) is 10.5. The first-order chi connectivity index (χ1) is 8.83. The minimum Gasteiger partial charge on any atom is -0.352 e. The van der Waals surface area contributed by atoms with Crippen LogP contribution in [-0.4, -0.2) is 22.4 Å². The summed E-state index contributed by atoms with van der Waals surface area (Å²) < 4.78 is 0. The predicted octanol–water partition coefficient (Wildman–Crippen LogP) is 2.55. The smallest absolute Gasteiger partial charge is 0.253 e. The number of hydrogen-bond donors (Lipinski definition) is 1. The van der Waals surface area contributed by atoms with Crippen molar-refractivity contribution in [3.63, 3.8) is 0 Å². The van der Waals surface area contributed by atoms with E-state index >= 15 is 0 Å². The molecule has 0 radical (unpaired) electrons. The average Bonchev–Trinajstić information content (AvgIpc) is 2.43. The van der Waals surface area contributed by atoms with Crippen LogP contribution in [0.3, 0.4) is 0 Å². The number of nitrogens with one attached hydrogen (secondary N) is 1. The molecule has 0 saturated heterocycles. The summed E-state index contributed by atoms with van der Waals surface area (Å²) in [6.07, 6.45) is 6.53. The molecule has 1 heterocycles. The molecular weight excluding hydrogens is 226 g/mol. The third-order valence-electron chi connectivity index (χ3n) is 2.81. The van der Waals surface area contributed by atoms with E-state index in [1.165, 1.54) is 0 Å². The molecule has 1 aromatic heterocycles. The van der Waals surface area contributed by atoms with Crippen LogP contribution in [0.4, 0.5) is 0 Å². The van der Waals surface area contributed by atoms with E-state index < -0.39 is 0 Å². The van der Waals surface area contributed by atoms with Crippen LogP contribution in [0.15, 0.2) is 30.6 Å². The van der Waals surface area contributed by atoms with Gasteiger partial charge >= 0.3 is 0 Å². The first-order valence-electron chi connectivity index (χ1n) is 6.31. The summed E-state index contributed by atoms with van der Waals surface area (Å²) in [6, 6.07) is 5.47. The van der Waals surface area contributed by atoms with Crippen LogP contribution in [0.5, 0.6) is 0 Å². The van der Waals surface area contributed by atoms with E-state index in [0.29, 0.717) is 17.6 Å². The zero-order chi connectivity index (χ0) is 12.8. The number of amides is 1. The molecule has 0 aliphatic carbocycles. The summed E-state index contributed by atoms with van der Waals surface area (Å²) in [4.78, 5) is 20.5. The number of benzene rings is 1. The van der Waals surface area contributed by atoms with Gasteiger partial charge in [-0.05, 0) is 18.6 Å². The zero-order valence-electron chi connectivity index (χ0n) is 10.5. The molecule has 2 aromatic rings. The molecule has 0 saturated carbocycles. The molecule has 0 unspecified atom stereocenters. The molecule has 2 rings (SSSR count). The van der Waals surface area contributed by atoms with Gasteiger partial charge in [0.15, 0.2) is 0 Å². The van der Waals surface area contributed by atoms with Crippen molar-refractivity contribution in [3.05, 3.63) is 36.2 Å². The third kappa shape index (κ3) is 2.83. The number of carbonyl (C=O) groups is 1. The second-order valence-corrected chi connectivity index (χ2v) is 4.19. The highest BCUT2D eigenvalue weighted by Crippen LogP contribution is 2.13. The molecule has 4 heteroatoms. The molecular formula is C14H17N3O. The van der Waals surface area contributed by atoms with Crippen molar-refractivity contribution in [2.75, 3.05) is 6.54 Å². The zero-order valence-corrected chi connectivity index (χ0v) is 10.5. The Morgan fingerprint density at radius 2 is 2.06 bits per heavy atom. The van der Waals surface area contributed by atoms with Crippen molar-refractivity contribution in [1.82, 2.24) is 15.3 Å². The van der Waals surface area contributed by atoms with Crippen molar-refractivity contribution >= 4 is 16.9 Å². The summed E-state index contributed by atoms with van der Waals surface area (Å²) in [5, 5.41) is 2.92. The molecule has 0 spiro atoms. The molecule has 0 atom stereocenters. The number of nitrogens with zero attached hydrogens (tertiary/aromatic N) is 2. The van der Waals surface area contributed by atoms with Gasteiger partial charge in [0, 0.05) is 18.9 Å². The highest BCUT2D eigenvalue weighted by atomic mass is 16.1. The van der Waals surface area contributed by atoms with E-state index in [1.54, 1.807) is 18.5 Å². The van der Waals surface area contributed by atoms with Gasteiger partial charge < -0.3 is 5.32 Å². The fourth-order valence-corrected chi connectivity index (χ4v) is 1.85. The quantitative estimate of drug-likeness (QED) is 0.821. The Morgan fingerprint density at radius 3 is 2.89 bits per heavy atom. The van der Waals surface area contributed by atoms with Crippen LogP contribution in [0.25, 0.3) is 11.0 Å². The fourth-order valence-electron chi connectivity index (χ4n) is 1.85. The van der Waals surface area contributed by atoms with Gasteiger partial charge in [0.25, 0.3) is 5.91 Å². The lowest BCUT2D eigenvalue weighted by Gasteiger charge is -2.06. The van der Waals surface area contributed by atoms with Crippen LogP contribution in [-0.2, 0) is 0 Å². The molecule has 0 aliphatic rings. The van der Waals surface area contributed by atoms with E-state index in [9.17, 15) is 4.79 Å². The van der Waals surface area contributed by atoms with Crippen molar-refractivity contribution in [2.45, 2.75) is 26.2 Å². The maximum Gasteiger partial charge on any atom is 0.253 e. The molecule has 94 valence electrons. The molecule has 1 N–H and O–H groups in total. The van der Waals surface area contributed by atoms with Gasteiger partial charge in [0.05, 0.1) is 11.1 Å². The van der Waals surface area contributed by atoms with Crippen LogP contribution < -0.4 is 5.32 Å². The monoisotopic (exact) mass is 243 g/mol. The lowest BCUT2D eigenvalue weighted by Crippen LogP contribution is -2.24. The van der Waals surface area contributed by atoms with E-state index in [1.807, 2.05) is 12.1 Å². The maximum absolute atomic E-state index is 12.0. The van der Waals surface area contributed by atoms with Gasteiger partial charge in [0.2, 0.25) is 0 Å². The Bertz CT molecular complexity index is 534. The minimum atomic E-state index is -0.0720. The van der Waals surface area contributed by atoms with Crippen molar-refractivity contribution in [2.24, 2.45) is 0 Å². The number of fused-ring (bicyclic) bond motifs is 1. The van der Waals surface area contributed by atoms with Gasteiger partial charge in [-0.25, -0.2) is 0 Å². The summed E-state index contributed by atoms with van der Waals surface area (Å²) in [6.45, 7) is 2.85. The Morgan fingerprint density at radius 1 is 1.22 bits per heavy atom. The lowest BCUT2D eigenvalue weighted by molar-refractivity contribution is 0.0954. The summed E-state index contributed by atoms with van der Waals surface area (Å²) >= 11 is 0. The Balaban J connectivity index is 2.13. The van der Waals surface area contributed by atoms with E-state index in [0.717, 1.165) is 24.8 Å². The van der Waals surface area contributed by atoms with E-state index in [2.05, 4.69) is 22.2 Å². The number of hydrogen-bond acceptors (Lipinski definition) is 3. The second-order valence-electron chi connectivity index (χ2n) is 4.19. The van der Waals surface area contributed by atoms with E-state index in [-0.39, 0.29) is 5.91 Å². The predicted molar refractivity (Wildman–Crippen MR) is 71.4 cm³/mol. The number of rotatable bonds is 5. The van der Waals surface area contributed by atoms with Crippen molar-refractivity contribution in [1.29, 1.82) is 0 Å². The Hall–Kier alpha value is -1.97. The topological polar surface area (TPSA) is 54.9 Å². The van der Waals surface area contributed by atoms with Gasteiger partial charge in [-0.1, -0.05) is 25.8 Å². The lowest BCUT2D eigenvalue weighted by atomic mass is 10.1. The summed E-state index contributed by atoms with van der Waals surface area (Å²) in [5.41, 5.74) is 2.00. The number of para-hydroxylation sites is 1. The standard InChI is InChI=1S/C14H17N3O/c1-2-3-4-8-17-14(18)11-6-5-7-12-13(11)16-10-9-15-12/h5-7,9-10H,2-4,8H2,1H3,(H,17,18). The fraction of sp³-hybridized carbons (Fsp3) is 0.357. The average molecular weight is 243 g/mol. The molecule has 0 aliphatic heterocycles. The number of aromatic nitrogens is 2. The van der Waals surface area contributed by atoms with Crippen molar-refractivity contribution in [3.8, 4) is 0 Å². The van der Waals surface area contributed by atoms with Crippen LogP contribution in [0.2, 0.25) is 0 Å². The third-order valence-corrected chi connectivity index (χ3v) is 2.81. The molecule has 1 amide bonds. The highest BCUT2D eigenvalue weighted by Gasteiger charge is 2.10. The summed E-state index contributed by atoms with van der Waals surface area (Å²) in [5.74, 6) is -0.0720. The largest absolute Gasteiger partial charge is 0.352 e. The van der Waals surface area contributed by atoms with Gasteiger partial charge in [-0.3, -0.25) is 14.8 Å². The number of carbonyl (C=O) groups excluding carboxylic acids is 1. The van der Waals surface area contributed by atoms with Crippen LogP contribution in [0.1, 0.15) is 36.5 Å². The minimum absolute atomic E-state index is 0.0720. The molecule has 1 aromatic carbocycles. The Labute approximate surface area is 106 Å². The van der Waals surface area contributed by atoms with Gasteiger partial charge in [-0.15, -0.1) is 0 Å². The second kappa shape index (κ2) is 6.10. The number of unbranched alkanes of at least 4 members (excludes halogenated alkanes) is 2. The van der Waals surface area contributed by atoms with E-state index in [4.69, 9.17) is 0 Å². The SMILES string of the molecule is CCCCCNC(=O)c1cccc2nccnc12. The van der Waals surface area contributed by atoms with Gasteiger partial charge in [0.1, 0.15) is 5.52 Å². The highest BCUT2D eigenvalue weighted by molar-refractivity contribution is 6.04. The molecule has 4 nitrogen and oxygen atoms in total. The van der Waals surface area contributed by atoms with Crippen LogP contribution >= 0.6 is 0 Å². The van der Waals surface area contributed by atoms with Crippen molar-refractivity contribution < 1.29 is 4.79 Å². The van der Waals surface area contributed by atoms with Gasteiger partial charge in [-0.2, -0.15) is 0 Å². The summed E-state index contributed by atoms with van der Waals surface area (Å²) in [7, 11) is 0. The molecule has 0 bridgehead atoms. The molecule has 0 fully saturated rings. The molecule has 18 heavy (non-hydrogen) atoms. The first-order valence-corrected chi connectivity index (χ1v) is 6.31.